The molecule has 6 heteroatoms. The summed E-state index contributed by atoms with van der Waals surface area (Å²) in [6.45, 7) is 0.236. The molecule has 1 unspecified atom stereocenters. The molecule has 0 fully saturated rings. The molecule has 0 aromatic heterocycles. The van der Waals surface area contributed by atoms with Crippen LogP contribution < -0.4 is 0 Å². The van der Waals surface area contributed by atoms with Gasteiger partial charge < -0.3 is 14.6 Å². The molecular weight excluding hydrogens is 322 g/mol. The molecule has 2 aromatic rings. The summed E-state index contributed by atoms with van der Waals surface area (Å²) in [7, 11) is 1.39. The first-order valence-corrected chi connectivity index (χ1v) is 7.86. The molecule has 25 heavy (non-hydrogen) atoms. The SMILES string of the molecule is CN(C(=O)OCc1ccccc1)C(COCc1ccccc1)C(=O)O. The Morgan fingerprint density at radius 3 is 2.00 bits per heavy atom. The molecule has 0 aliphatic rings. The zero-order chi connectivity index (χ0) is 18.1. The van der Waals surface area contributed by atoms with Crippen molar-refractivity contribution < 1.29 is 24.2 Å². The van der Waals surface area contributed by atoms with E-state index < -0.39 is 18.1 Å². The monoisotopic (exact) mass is 343 g/mol. The van der Waals surface area contributed by atoms with Gasteiger partial charge in [-0.2, -0.15) is 0 Å². The lowest BCUT2D eigenvalue weighted by molar-refractivity contribution is -0.144. The summed E-state index contributed by atoms with van der Waals surface area (Å²) in [4.78, 5) is 24.6. The number of carboxylic acid groups (broad SMARTS) is 1. The highest BCUT2D eigenvalue weighted by Crippen LogP contribution is 2.07. The molecule has 0 radical (unpaired) electrons. The fourth-order valence-electron chi connectivity index (χ4n) is 2.16. The highest BCUT2D eigenvalue weighted by molar-refractivity contribution is 5.80. The number of hydrogen-bond donors (Lipinski definition) is 1. The van der Waals surface area contributed by atoms with Gasteiger partial charge in [0.25, 0.3) is 0 Å². The number of amides is 1. The minimum Gasteiger partial charge on any atom is -0.480 e. The fourth-order valence-corrected chi connectivity index (χ4v) is 2.16. The lowest BCUT2D eigenvalue weighted by Crippen LogP contribution is -2.45. The predicted molar refractivity (Wildman–Crippen MR) is 91.9 cm³/mol. The van der Waals surface area contributed by atoms with Crippen molar-refractivity contribution in [3.8, 4) is 0 Å². The van der Waals surface area contributed by atoms with E-state index in [1.54, 1.807) is 0 Å². The zero-order valence-corrected chi connectivity index (χ0v) is 14.0. The van der Waals surface area contributed by atoms with Crippen LogP contribution in [0.5, 0.6) is 0 Å². The molecule has 6 nitrogen and oxygen atoms in total. The Labute approximate surface area is 146 Å². The van der Waals surface area contributed by atoms with Crippen molar-refractivity contribution in [3.63, 3.8) is 0 Å². The van der Waals surface area contributed by atoms with E-state index in [2.05, 4.69) is 0 Å². The summed E-state index contributed by atoms with van der Waals surface area (Å²) >= 11 is 0. The smallest absolute Gasteiger partial charge is 0.410 e. The van der Waals surface area contributed by atoms with E-state index in [-0.39, 0.29) is 19.8 Å². The Balaban J connectivity index is 1.84. The van der Waals surface area contributed by atoms with Crippen molar-refractivity contribution in [1.29, 1.82) is 0 Å². The lowest BCUT2D eigenvalue weighted by Gasteiger charge is -2.24. The minimum atomic E-state index is -1.15. The molecule has 0 saturated carbocycles. The van der Waals surface area contributed by atoms with Crippen LogP contribution in [0, 0.1) is 0 Å². The maximum Gasteiger partial charge on any atom is 0.410 e. The molecule has 1 amide bonds. The number of benzene rings is 2. The Hall–Kier alpha value is -2.86. The molecule has 0 spiro atoms. The number of likely N-dealkylation sites (N-methyl/N-ethyl adjacent to an activating group) is 1. The highest BCUT2D eigenvalue weighted by Gasteiger charge is 2.28. The molecular formula is C19H21NO5. The van der Waals surface area contributed by atoms with Crippen molar-refractivity contribution >= 4 is 12.1 Å². The second-order valence-electron chi connectivity index (χ2n) is 5.51. The first-order chi connectivity index (χ1) is 12.1. The van der Waals surface area contributed by atoms with Gasteiger partial charge in [0.05, 0.1) is 13.2 Å². The molecule has 0 heterocycles. The Bertz CT molecular complexity index is 675. The lowest BCUT2D eigenvalue weighted by atomic mass is 10.2. The summed E-state index contributed by atoms with van der Waals surface area (Å²) in [5, 5.41) is 9.35. The van der Waals surface area contributed by atoms with Crippen LogP contribution in [-0.4, -0.2) is 41.8 Å². The third-order valence-electron chi connectivity index (χ3n) is 3.63. The first-order valence-electron chi connectivity index (χ1n) is 7.86. The normalized spacial score (nSPS) is 11.6. The zero-order valence-electron chi connectivity index (χ0n) is 14.0. The average Bonchev–Trinajstić information content (AvgIpc) is 2.64. The summed E-state index contributed by atoms with van der Waals surface area (Å²) in [6, 6.07) is 17.5. The number of carboxylic acids is 1. The third kappa shape index (κ3) is 5.93. The van der Waals surface area contributed by atoms with E-state index in [1.807, 2.05) is 60.7 Å². The van der Waals surface area contributed by atoms with Gasteiger partial charge in [-0.25, -0.2) is 9.59 Å². The van der Waals surface area contributed by atoms with E-state index in [1.165, 1.54) is 7.05 Å². The van der Waals surface area contributed by atoms with Crippen molar-refractivity contribution in [3.05, 3.63) is 71.8 Å². The number of carbonyl (C=O) groups excluding carboxylic acids is 1. The first kappa shape index (κ1) is 18.5. The molecule has 0 saturated heterocycles. The molecule has 132 valence electrons. The molecule has 0 aliphatic carbocycles. The van der Waals surface area contributed by atoms with Crippen LogP contribution in [0.4, 0.5) is 4.79 Å². The van der Waals surface area contributed by atoms with Gasteiger partial charge in [0.15, 0.2) is 6.04 Å². The molecule has 2 rings (SSSR count). The van der Waals surface area contributed by atoms with Gasteiger partial charge in [0, 0.05) is 7.05 Å². The second kappa shape index (κ2) is 9.44. The van der Waals surface area contributed by atoms with Gasteiger partial charge in [0.1, 0.15) is 6.61 Å². The van der Waals surface area contributed by atoms with Crippen molar-refractivity contribution in [1.82, 2.24) is 4.90 Å². The van der Waals surface area contributed by atoms with Crippen LogP contribution in [0.25, 0.3) is 0 Å². The van der Waals surface area contributed by atoms with E-state index in [0.29, 0.717) is 0 Å². The van der Waals surface area contributed by atoms with Gasteiger partial charge in [-0.3, -0.25) is 4.90 Å². The maximum atomic E-state index is 12.1. The predicted octanol–water partition coefficient (Wildman–Crippen LogP) is 2.93. The van der Waals surface area contributed by atoms with Crippen molar-refractivity contribution in [2.75, 3.05) is 13.7 Å². The molecule has 0 aliphatic heterocycles. The minimum absolute atomic E-state index is 0.0845. The summed E-state index contributed by atoms with van der Waals surface area (Å²) < 4.78 is 10.6. The Kier molecular flexibility index (Phi) is 6.98. The number of carbonyl (C=O) groups is 2. The van der Waals surface area contributed by atoms with Gasteiger partial charge in [0.2, 0.25) is 0 Å². The standard InChI is InChI=1S/C19H21NO5/c1-20(19(23)25-13-16-10-6-3-7-11-16)17(18(21)22)14-24-12-15-8-4-2-5-9-15/h2-11,17H,12-14H2,1H3,(H,21,22). The Morgan fingerprint density at radius 2 is 1.48 bits per heavy atom. The molecule has 1 atom stereocenters. The highest BCUT2D eigenvalue weighted by atomic mass is 16.6. The second-order valence-corrected chi connectivity index (χ2v) is 5.51. The molecule has 2 aromatic carbocycles. The van der Waals surface area contributed by atoms with Gasteiger partial charge in [-0.15, -0.1) is 0 Å². The van der Waals surface area contributed by atoms with Crippen LogP contribution in [0.3, 0.4) is 0 Å². The average molecular weight is 343 g/mol. The maximum absolute atomic E-state index is 12.1. The number of hydrogen-bond acceptors (Lipinski definition) is 4. The van der Waals surface area contributed by atoms with Crippen molar-refractivity contribution in [2.24, 2.45) is 0 Å². The number of rotatable bonds is 8. The van der Waals surface area contributed by atoms with Crippen LogP contribution in [0.2, 0.25) is 0 Å². The summed E-state index contributed by atoms with van der Waals surface area (Å²) in [5.74, 6) is -1.15. The third-order valence-corrected chi connectivity index (χ3v) is 3.63. The van der Waals surface area contributed by atoms with Gasteiger partial charge in [-0.1, -0.05) is 60.7 Å². The fraction of sp³-hybridized carbons (Fsp3) is 0.263. The van der Waals surface area contributed by atoms with E-state index in [0.717, 1.165) is 16.0 Å². The van der Waals surface area contributed by atoms with Crippen LogP contribution in [0.1, 0.15) is 11.1 Å². The van der Waals surface area contributed by atoms with Crippen LogP contribution in [0.15, 0.2) is 60.7 Å². The van der Waals surface area contributed by atoms with E-state index in [4.69, 9.17) is 9.47 Å². The topological polar surface area (TPSA) is 76.1 Å². The summed E-state index contributed by atoms with van der Waals surface area (Å²) in [6.07, 6.45) is -0.709. The van der Waals surface area contributed by atoms with Crippen LogP contribution in [-0.2, 0) is 27.5 Å². The largest absolute Gasteiger partial charge is 0.480 e. The van der Waals surface area contributed by atoms with E-state index >= 15 is 0 Å². The van der Waals surface area contributed by atoms with Gasteiger partial charge >= 0.3 is 12.1 Å². The Morgan fingerprint density at radius 1 is 0.960 bits per heavy atom. The number of nitrogens with zero attached hydrogens (tertiary/aromatic N) is 1. The van der Waals surface area contributed by atoms with Crippen molar-refractivity contribution in [2.45, 2.75) is 19.3 Å². The van der Waals surface area contributed by atoms with Gasteiger partial charge in [-0.05, 0) is 11.1 Å². The van der Waals surface area contributed by atoms with Crippen LogP contribution >= 0.6 is 0 Å². The number of aliphatic carboxylic acids is 1. The molecule has 1 N–H and O–H groups in total. The quantitative estimate of drug-likeness (QED) is 0.797. The summed E-state index contributed by atoms with van der Waals surface area (Å²) in [5.41, 5.74) is 1.76. The van der Waals surface area contributed by atoms with E-state index in [9.17, 15) is 14.7 Å². The number of ether oxygens (including phenoxy) is 2. The molecule has 0 bridgehead atoms.